The maximum atomic E-state index is 12.9. The Morgan fingerprint density at radius 2 is 1.88 bits per heavy atom. The Balaban J connectivity index is 1.95. The molecule has 0 bridgehead atoms. The van der Waals surface area contributed by atoms with E-state index in [0.29, 0.717) is 23.0 Å². The number of halogens is 3. The Morgan fingerprint density at radius 3 is 2.58 bits per heavy atom. The van der Waals surface area contributed by atoms with Gasteiger partial charge in [-0.2, -0.15) is 18.3 Å². The number of pyridine rings is 1. The van der Waals surface area contributed by atoms with E-state index in [1.807, 2.05) is 6.92 Å². The van der Waals surface area contributed by atoms with E-state index in [-0.39, 0.29) is 0 Å². The van der Waals surface area contributed by atoms with Crippen molar-refractivity contribution in [1.82, 2.24) is 15.2 Å². The number of alkyl halides is 3. The van der Waals surface area contributed by atoms with Crippen molar-refractivity contribution in [2.75, 3.05) is 12.4 Å². The summed E-state index contributed by atoms with van der Waals surface area (Å²) < 4.78 is 43.9. The summed E-state index contributed by atoms with van der Waals surface area (Å²) >= 11 is 0. The second-order valence-electron chi connectivity index (χ2n) is 5.90. The lowest BCUT2D eigenvalue weighted by Gasteiger charge is -2.18. The van der Waals surface area contributed by atoms with Gasteiger partial charge >= 0.3 is 6.18 Å². The lowest BCUT2D eigenvalue weighted by molar-refractivity contribution is -0.137. The van der Waals surface area contributed by atoms with E-state index in [1.165, 1.54) is 13.2 Å². The number of nitrogens with zero attached hydrogens (tertiary/aromatic N) is 3. The van der Waals surface area contributed by atoms with Gasteiger partial charge in [0.2, 0.25) is 5.88 Å². The number of rotatable bonds is 4. The van der Waals surface area contributed by atoms with Crippen molar-refractivity contribution in [2.24, 2.45) is 0 Å². The number of aromatic nitrogens is 3. The molecule has 0 saturated heterocycles. The van der Waals surface area contributed by atoms with E-state index in [2.05, 4.69) is 20.5 Å². The van der Waals surface area contributed by atoms with Crippen molar-refractivity contribution in [3.63, 3.8) is 0 Å². The molecule has 0 saturated carbocycles. The summed E-state index contributed by atoms with van der Waals surface area (Å²) in [6.45, 7) is 3.58. The molecule has 136 valence electrons. The van der Waals surface area contributed by atoms with E-state index in [0.717, 1.165) is 22.9 Å². The molecule has 1 aromatic carbocycles. The second-order valence-corrected chi connectivity index (χ2v) is 5.90. The molecule has 1 N–H and O–H groups in total. The molecule has 0 spiro atoms. The number of aryl methyl sites for hydroxylation is 1. The van der Waals surface area contributed by atoms with Gasteiger partial charge in [-0.3, -0.25) is 0 Å². The number of hydrogen-bond acceptors (Lipinski definition) is 5. The lowest BCUT2D eigenvalue weighted by Crippen LogP contribution is -2.12. The molecular weight excluding hydrogens is 345 g/mol. The van der Waals surface area contributed by atoms with Crippen LogP contribution in [0, 0.1) is 6.92 Å². The average Bonchev–Trinajstić information content (AvgIpc) is 2.63. The summed E-state index contributed by atoms with van der Waals surface area (Å²) in [5.74, 6) is 0.899. The molecule has 1 unspecified atom stereocenters. The normalized spacial score (nSPS) is 12.8. The fourth-order valence-corrected chi connectivity index (χ4v) is 2.65. The standard InChI is InChI=1S/C18H17F3N4O/c1-10(12-5-4-6-13(7-12)18(19,20)21)23-17-15-9-22-16(26-3)8-14(15)11(2)24-25-17/h4-10H,1-3H3,(H,23,25). The van der Waals surface area contributed by atoms with Crippen LogP contribution in [0.5, 0.6) is 5.88 Å². The number of hydrogen-bond donors (Lipinski definition) is 1. The van der Waals surface area contributed by atoms with Crippen LogP contribution >= 0.6 is 0 Å². The summed E-state index contributed by atoms with van der Waals surface area (Å²) in [5.41, 5.74) is 0.518. The predicted molar refractivity (Wildman–Crippen MR) is 92.1 cm³/mol. The predicted octanol–water partition coefficient (Wildman–Crippen LogP) is 4.53. The highest BCUT2D eigenvalue weighted by atomic mass is 19.4. The number of nitrogens with one attached hydrogen (secondary N) is 1. The second kappa shape index (κ2) is 6.78. The molecule has 0 aliphatic heterocycles. The number of ether oxygens (including phenoxy) is 1. The van der Waals surface area contributed by atoms with Gasteiger partial charge in [-0.1, -0.05) is 12.1 Å². The van der Waals surface area contributed by atoms with Crippen molar-refractivity contribution in [3.8, 4) is 5.88 Å². The Labute approximate surface area is 148 Å². The van der Waals surface area contributed by atoms with Gasteiger partial charge in [0.15, 0.2) is 5.82 Å². The monoisotopic (exact) mass is 362 g/mol. The summed E-state index contributed by atoms with van der Waals surface area (Å²) in [4.78, 5) is 4.17. The van der Waals surface area contributed by atoms with Gasteiger partial charge in [0.05, 0.1) is 24.4 Å². The van der Waals surface area contributed by atoms with Crippen LogP contribution in [-0.2, 0) is 6.18 Å². The minimum Gasteiger partial charge on any atom is -0.481 e. The summed E-state index contributed by atoms with van der Waals surface area (Å²) in [7, 11) is 1.52. The Hall–Kier alpha value is -2.90. The quantitative estimate of drug-likeness (QED) is 0.739. The van der Waals surface area contributed by atoms with Crippen molar-refractivity contribution >= 4 is 16.6 Å². The fraction of sp³-hybridized carbons (Fsp3) is 0.278. The van der Waals surface area contributed by atoms with Crippen LogP contribution in [0.15, 0.2) is 36.5 Å². The molecule has 0 aliphatic carbocycles. The molecule has 0 aliphatic rings. The molecule has 5 nitrogen and oxygen atoms in total. The third-order valence-corrected chi connectivity index (χ3v) is 4.10. The molecule has 1 atom stereocenters. The molecule has 8 heteroatoms. The number of methoxy groups -OCH3 is 1. The molecule has 0 amide bonds. The molecule has 2 aromatic heterocycles. The highest BCUT2D eigenvalue weighted by molar-refractivity contribution is 5.93. The van der Waals surface area contributed by atoms with Crippen molar-refractivity contribution in [2.45, 2.75) is 26.1 Å². The van der Waals surface area contributed by atoms with Gasteiger partial charge in [0.25, 0.3) is 0 Å². The molecule has 0 fully saturated rings. The van der Waals surface area contributed by atoms with Gasteiger partial charge in [0, 0.05) is 23.0 Å². The van der Waals surface area contributed by atoms with E-state index in [9.17, 15) is 13.2 Å². The number of benzene rings is 1. The highest BCUT2D eigenvalue weighted by Crippen LogP contribution is 2.32. The molecule has 26 heavy (non-hydrogen) atoms. The van der Waals surface area contributed by atoms with Crippen LogP contribution in [0.25, 0.3) is 10.8 Å². The smallest absolute Gasteiger partial charge is 0.416 e. The topological polar surface area (TPSA) is 59.9 Å². The van der Waals surface area contributed by atoms with Crippen LogP contribution in [0.4, 0.5) is 19.0 Å². The third kappa shape index (κ3) is 3.54. The van der Waals surface area contributed by atoms with Crippen molar-refractivity contribution in [1.29, 1.82) is 0 Å². The van der Waals surface area contributed by atoms with Gasteiger partial charge in [-0.05, 0) is 31.5 Å². The Kier molecular flexibility index (Phi) is 4.67. The SMILES string of the molecule is COc1cc2c(C)nnc(NC(C)c3cccc(C(F)(F)F)c3)c2cn1. The molecule has 3 aromatic rings. The highest BCUT2D eigenvalue weighted by Gasteiger charge is 2.30. The van der Waals surface area contributed by atoms with E-state index >= 15 is 0 Å². The van der Waals surface area contributed by atoms with Gasteiger partial charge < -0.3 is 10.1 Å². The van der Waals surface area contributed by atoms with Crippen LogP contribution in [0.2, 0.25) is 0 Å². The van der Waals surface area contributed by atoms with Crippen LogP contribution < -0.4 is 10.1 Å². The first kappa shape index (κ1) is 17.9. The zero-order valence-corrected chi connectivity index (χ0v) is 14.4. The van der Waals surface area contributed by atoms with Crippen LogP contribution in [0.3, 0.4) is 0 Å². The van der Waals surface area contributed by atoms with Crippen LogP contribution in [-0.4, -0.2) is 22.3 Å². The largest absolute Gasteiger partial charge is 0.481 e. The summed E-state index contributed by atoms with van der Waals surface area (Å²) in [5, 5.41) is 12.9. The maximum absolute atomic E-state index is 12.9. The molecule has 3 rings (SSSR count). The maximum Gasteiger partial charge on any atom is 0.416 e. The minimum absolute atomic E-state index is 0.403. The summed E-state index contributed by atoms with van der Waals surface area (Å²) in [6.07, 6.45) is -2.77. The van der Waals surface area contributed by atoms with Gasteiger partial charge in [-0.15, -0.1) is 5.10 Å². The zero-order chi connectivity index (χ0) is 18.9. The number of fused-ring (bicyclic) bond motifs is 1. The zero-order valence-electron chi connectivity index (χ0n) is 14.4. The molecule has 0 radical (unpaired) electrons. The fourth-order valence-electron chi connectivity index (χ4n) is 2.65. The Morgan fingerprint density at radius 1 is 1.12 bits per heavy atom. The van der Waals surface area contributed by atoms with Gasteiger partial charge in [0.1, 0.15) is 0 Å². The van der Waals surface area contributed by atoms with E-state index in [1.54, 1.807) is 25.3 Å². The van der Waals surface area contributed by atoms with Crippen molar-refractivity contribution < 1.29 is 17.9 Å². The summed E-state index contributed by atoms with van der Waals surface area (Å²) in [6, 6.07) is 6.55. The first-order valence-corrected chi connectivity index (χ1v) is 7.90. The first-order chi connectivity index (χ1) is 12.3. The Bertz CT molecular complexity index is 943. The molecular formula is C18H17F3N4O. The number of anilines is 1. The molecule has 2 heterocycles. The van der Waals surface area contributed by atoms with Crippen LogP contribution in [0.1, 0.15) is 29.8 Å². The lowest BCUT2D eigenvalue weighted by atomic mass is 10.0. The van der Waals surface area contributed by atoms with E-state index < -0.39 is 17.8 Å². The minimum atomic E-state index is -4.38. The van der Waals surface area contributed by atoms with Crippen molar-refractivity contribution in [3.05, 3.63) is 53.3 Å². The van der Waals surface area contributed by atoms with Gasteiger partial charge in [-0.25, -0.2) is 4.98 Å². The van der Waals surface area contributed by atoms with E-state index in [4.69, 9.17) is 4.74 Å². The first-order valence-electron chi connectivity index (χ1n) is 7.90. The third-order valence-electron chi connectivity index (χ3n) is 4.10. The average molecular weight is 362 g/mol.